The Morgan fingerprint density at radius 2 is 1.64 bits per heavy atom. The van der Waals surface area contributed by atoms with Crippen molar-refractivity contribution >= 4 is 16.9 Å². The van der Waals surface area contributed by atoms with E-state index in [0.29, 0.717) is 11.7 Å². The van der Waals surface area contributed by atoms with Crippen LogP contribution in [0.1, 0.15) is 58.9 Å². The number of hydrogen-bond acceptors (Lipinski definition) is 4. The number of benzene rings is 3. The molecule has 5 rings (SSSR count). The number of halogens is 3. The fourth-order valence-corrected chi connectivity index (χ4v) is 5.76. The van der Waals surface area contributed by atoms with E-state index in [2.05, 4.69) is 30.8 Å². The number of nitrogens with one attached hydrogen (secondary N) is 1. The van der Waals surface area contributed by atoms with Gasteiger partial charge >= 0.3 is 12.5 Å². The highest BCUT2D eigenvalue weighted by atomic mass is 19.4. The predicted molar refractivity (Wildman–Crippen MR) is 144 cm³/mol. The minimum Gasteiger partial charge on any atom is -0.490 e. The molecular formula is C31H34F3NO4. The van der Waals surface area contributed by atoms with Crippen molar-refractivity contribution in [2.24, 2.45) is 11.3 Å². The summed E-state index contributed by atoms with van der Waals surface area (Å²) in [6.07, 6.45) is -1.05. The van der Waals surface area contributed by atoms with Gasteiger partial charge in [0.1, 0.15) is 18.1 Å². The standard InChI is InChI=1S/C31H34F3NO4/c1-29(2,3)21-8-13-23(14-9-21)38-26-16-7-20-17-22(30(4)18-37-28(36)35-30)10-15-25(20)27(26)19-5-11-24(12-6-19)39-31(32,33)34/h5-7,10-12,15-17,21,23H,8-9,13-14,18H2,1-4H3,(H,35,36)/t21-,23-,30-/m0/s1. The molecule has 2 fully saturated rings. The molecule has 1 amide bonds. The van der Waals surface area contributed by atoms with Crippen molar-refractivity contribution < 1.29 is 32.2 Å². The molecule has 1 saturated heterocycles. The molecule has 0 aromatic heterocycles. The van der Waals surface area contributed by atoms with Gasteiger partial charge in [-0.25, -0.2) is 4.79 Å². The molecule has 2 aliphatic rings. The first-order valence-corrected chi connectivity index (χ1v) is 13.4. The van der Waals surface area contributed by atoms with Crippen LogP contribution in [0.15, 0.2) is 54.6 Å². The largest absolute Gasteiger partial charge is 0.573 e. The molecule has 1 atom stereocenters. The van der Waals surface area contributed by atoms with Crippen LogP contribution in [0.5, 0.6) is 11.5 Å². The van der Waals surface area contributed by atoms with Crippen LogP contribution in [0.2, 0.25) is 0 Å². The number of amides is 1. The van der Waals surface area contributed by atoms with Gasteiger partial charge in [0, 0.05) is 5.56 Å². The Labute approximate surface area is 226 Å². The van der Waals surface area contributed by atoms with E-state index < -0.39 is 18.0 Å². The van der Waals surface area contributed by atoms with Crippen LogP contribution in [0.3, 0.4) is 0 Å². The third-order valence-corrected chi connectivity index (χ3v) is 8.06. The zero-order valence-electron chi connectivity index (χ0n) is 22.7. The molecule has 1 aliphatic heterocycles. The fourth-order valence-electron chi connectivity index (χ4n) is 5.76. The summed E-state index contributed by atoms with van der Waals surface area (Å²) in [5.41, 5.74) is 2.05. The normalized spacial score (nSPS) is 23.8. The molecule has 3 aromatic carbocycles. The summed E-state index contributed by atoms with van der Waals surface area (Å²) in [6, 6.07) is 15.7. The second-order valence-electron chi connectivity index (χ2n) is 11.9. The highest BCUT2D eigenvalue weighted by Gasteiger charge is 2.37. The summed E-state index contributed by atoms with van der Waals surface area (Å²) >= 11 is 0. The topological polar surface area (TPSA) is 56.8 Å². The van der Waals surface area contributed by atoms with Crippen LogP contribution < -0.4 is 14.8 Å². The number of cyclic esters (lactones) is 1. The van der Waals surface area contributed by atoms with Crippen molar-refractivity contribution in [3.63, 3.8) is 0 Å². The first-order valence-electron chi connectivity index (χ1n) is 13.4. The number of rotatable bonds is 5. The molecule has 0 spiro atoms. The van der Waals surface area contributed by atoms with Crippen LogP contribution in [0.25, 0.3) is 21.9 Å². The van der Waals surface area contributed by atoms with E-state index >= 15 is 0 Å². The highest BCUT2D eigenvalue weighted by Crippen LogP contribution is 2.43. The maximum atomic E-state index is 12.7. The van der Waals surface area contributed by atoms with Crippen LogP contribution in [0.4, 0.5) is 18.0 Å². The SMILES string of the molecule is CC(C)(C)[C@H]1CC[C@H](Oc2ccc3cc([C@]4(C)COC(=O)N4)ccc3c2-c2ccc(OC(F)(F)F)cc2)CC1. The van der Waals surface area contributed by atoms with Crippen molar-refractivity contribution in [1.29, 1.82) is 0 Å². The first kappa shape index (κ1) is 27.2. The molecule has 1 heterocycles. The van der Waals surface area contributed by atoms with Crippen molar-refractivity contribution in [2.45, 2.75) is 71.4 Å². The molecule has 5 nitrogen and oxygen atoms in total. The summed E-state index contributed by atoms with van der Waals surface area (Å²) < 4.78 is 54.1. The molecule has 0 radical (unpaired) electrons. The van der Waals surface area contributed by atoms with Crippen molar-refractivity contribution in [1.82, 2.24) is 5.32 Å². The van der Waals surface area contributed by atoms with Crippen molar-refractivity contribution in [2.75, 3.05) is 6.61 Å². The minimum absolute atomic E-state index is 0.0664. The summed E-state index contributed by atoms with van der Waals surface area (Å²) in [4.78, 5) is 11.7. The number of alkyl carbamates (subject to hydrolysis) is 1. The molecule has 1 aliphatic carbocycles. The summed E-state index contributed by atoms with van der Waals surface area (Å²) in [7, 11) is 0. The molecule has 3 aromatic rings. The molecule has 0 unspecified atom stereocenters. The van der Waals surface area contributed by atoms with Gasteiger partial charge in [-0.05, 0) is 90.1 Å². The molecular weight excluding hydrogens is 507 g/mol. The average Bonchev–Trinajstić information content (AvgIpc) is 3.22. The summed E-state index contributed by atoms with van der Waals surface area (Å²) in [5.74, 6) is 1.07. The smallest absolute Gasteiger partial charge is 0.490 e. The van der Waals surface area contributed by atoms with Crippen LogP contribution in [-0.4, -0.2) is 25.2 Å². The van der Waals surface area contributed by atoms with Gasteiger partial charge in [-0.2, -0.15) is 0 Å². The van der Waals surface area contributed by atoms with Crippen molar-refractivity contribution in [3.05, 3.63) is 60.2 Å². The lowest BCUT2D eigenvalue weighted by Gasteiger charge is -2.37. The fraction of sp³-hybridized carbons (Fsp3) is 0.452. The maximum absolute atomic E-state index is 12.7. The number of hydrogen-bond donors (Lipinski definition) is 1. The van der Waals surface area contributed by atoms with Gasteiger partial charge in [-0.1, -0.05) is 51.1 Å². The Kier molecular flexibility index (Phi) is 6.93. The van der Waals surface area contributed by atoms with Gasteiger partial charge in [0.2, 0.25) is 0 Å². The summed E-state index contributed by atoms with van der Waals surface area (Å²) in [5, 5.41) is 4.69. The van der Waals surface area contributed by atoms with Crippen LogP contribution >= 0.6 is 0 Å². The number of alkyl halides is 3. The third kappa shape index (κ3) is 5.94. The Bertz CT molecular complexity index is 1360. The van der Waals surface area contributed by atoms with Gasteiger partial charge in [-0.3, -0.25) is 0 Å². The van der Waals surface area contributed by atoms with Gasteiger partial charge in [0.05, 0.1) is 11.6 Å². The lowest BCUT2D eigenvalue weighted by Crippen LogP contribution is -2.37. The Hall–Kier alpha value is -3.42. The lowest BCUT2D eigenvalue weighted by molar-refractivity contribution is -0.274. The van der Waals surface area contributed by atoms with Crippen molar-refractivity contribution in [3.8, 4) is 22.6 Å². The lowest BCUT2D eigenvalue weighted by atomic mass is 9.72. The number of fused-ring (bicyclic) bond motifs is 1. The average molecular weight is 542 g/mol. The van der Waals surface area contributed by atoms with E-state index in [1.807, 2.05) is 37.3 Å². The zero-order valence-corrected chi connectivity index (χ0v) is 22.7. The summed E-state index contributed by atoms with van der Waals surface area (Å²) in [6.45, 7) is 8.98. The Balaban J connectivity index is 1.51. The van der Waals surface area contributed by atoms with E-state index in [1.165, 1.54) is 12.1 Å². The van der Waals surface area contributed by atoms with Crippen LogP contribution in [0, 0.1) is 11.3 Å². The molecule has 8 heteroatoms. The second-order valence-corrected chi connectivity index (χ2v) is 11.9. The minimum atomic E-state index is -4.76. The van der Waals surface area contributed by atoms with Gasteiger partial charge in [0.15, 0.2) is 0 Å². The van der Waals surface area contributed by atoms with Crippen LogP contribution in [-0.2, 0) is 10.3 Å². The number of carbonyl (C=O) groups excluding carboxylic acids is 1. The molecule has 0 bridgehead atoms. The van der Waals surface area contributed by atoms with E-state index in [1.54, 1.807) is 12.1 Å². The Morgan fingerprint density at radius 3 is 2.23 bits per heavy atom. The third-order valence-electron chi connectivity index (χ3n) is 8.06. The zero-order chi connectivity index (χ0) is 28.0. The predicted octanol–water partition coefficient (Wildman–Crippen LogP) is 8.34. The first-order chi connectivity index (χ1) is 18.3. The highest BCUT2D eigenvalue weighted by molar-refractivity contribution is 6.00. The van der Waals surface area contributed by atoms with E-state index in [0.717, 1.165) is 53.1 Å². The molecule has 208 valence electrons. The van der Waals surface area contributed by atoms with E-state index in [9.17, 15) is 18.0 Å². The Morgan fingerprint density at radius 1 is 0.949 bits per heavy atom. The maximum Gasteiger partial charge on any atom is 0.573 e. The number of ether oxygens (including phenoxy) is 3. The van der Waals surface area contributed by atoms with Gasteiger partial charge in [-0.15, -0.1) is 13.2 Å². The second kappa shape index (κ2) is 9.96. The molecule has 39 heavy (non-hydrogen) atoms. The van der Waals surface area contributed by atoms with E-state index in [-0.39, 0.29) is 23.9 Å². The quantitative estimate of drug-likeness (QED) is 0.353. The molecule has 1 saturated carbocycles. The monoisotopic (exact) mass is 541 g/mol. The number of carbonyl (C=O) groups is 1. The van der Waals surface area contributed by atoms with E-state index in [4.69, 9.17) is 9.47 Å². The van der Waals surface area contributed by atoms with Gasteiger partial charge in [0.25, 0.3) is 0 Å². The van der Waals surface area contributed by atoms with Gasteiger partial charge < -0.3 is 19.5 Å². The molecule has 1 N–H and O–H groups in total.